The number of nitriles is 1. The van der Waals surface area contributed by atoms with Crippen LogP contribution in [0.15, 0.2) is 53.4 Å². The smallest absolute Gasteiger partial charge is 0.258 e. The molecule has 0 aromatic heterocycles. The van der Waals surface area contributed by atoms with E-state index in [1.54, 1.807) is 30.3 Å². The number of hydrogen-bond donors (Lipinski definition) is 1. The molecule has 2 aromatic carbocycles. The van der Waals surface area contributed by atoms with Crippen LogP contribution in [0.3, 0.4) is 0 Å². The second-order valence-corrected chi connectivity index (χ2v) is 4.58. The summed E-state index contributed by atoms with van der Waals surface area (Å²) in [5.74, 6) is 0. The van der Waals surface area contributed by atoms with Crippen molar-refractivity contribution in [2.45, 2.75) is 4.90 Å². The first-order valence-electron chi connectivity index (χ1n) is 5.76. The standard InChI is InChI=1S/C15H10N2O2S/c16-10-13(12-3-7-15(20)8-4-12)9-11-1-5-14(6-2-11)17(18)19/h1-9,20H/b13-9+. The third kappa shape index (κ3) is 3.25. The largest absolute Gasteiger partial charge is 0.269 e. The van der Waals surface area contributed by atoms with Gasteiger partial charge in [0.25, 0.3) is 5.69 Å². The molecule has 0 aliphatic heterocycles. The highest BCUT2D eigenvalue weighted by molar-refractivity contribution is 7.80. The van der Waals surface area contributed by atoms with Crippen LogP contribution in [-0.2, 0) is 0 Å². The Morgan fingerprint density at radius 2 is 1.75 bits per heavy atom. The van der Waals surface area contributed by atoms with Gasteiger partial charge in [-0.1, -0.05) is 12.1 Å². The Kier molecular flexibility index (Phi) is 4.18. The molecule has 0 aliphatic rings. The fourth-order valence-electron chi connectivity index (χ4n) is 1.68. The van der Waals surface area contributed by atoms with Crippen LogP contribution < -0.4 is 0 Å². The van der Waals surface area contributed by atoms with Gasteiger partial charge in [0.15, 0.2) is 0 Å². The fourth-order valence-corrected chi connectivity index (χ4v) is 1.83. The SMILES string of the molecule is N#C/C(=C\c1ccc([N+](=O)[O-])cc1)c1ccc(S)cc1. The van der Waals surface area contributed by atoms with Gasteiger partial charge in [-0.2, -0.15) is 5.26 Å². The summed E-state index contributed by atoms with van der Waals surface area (Å²) in [5.41, 5.74) is 2.04. The Morgan fingerprint density at radius 3 is 2.25 bits per heavy atom. The van der Waals surface area contributed by atoms with Gasteiger partial charge in [0.1, 0.15) is 0 Å². The van der Waals surface area contributed by atoms with Crippen LogP contribution in [0.2, 0.25) is 0 Å². The van der Waals surface area contributed by atoms with E-state index in [0.717, 1.165) is 16.0 Å². The van der Waals surface area contributed by atoms with E-state index in [1.165, 1.54) is 12.1 Å². The van der Waals surface area contributed by atoms with Gasteiger partial charge >= 0.3 is 0 Å². The number of thiol groups is 1. The monoisotopic (exact) mass is 282 g/mol. The molecule has 0 spiro atoms. The van der Waals surface area contributed by atoms with Crippen LogP contribution in [0.4, 0.5) is 5.69 Å². The first-order valence-corrected chi connectivity index (χ1v) is 6.20. The van der Waals surface area contributed by atoms with E-state index in [2.05, 4.69) is 18.7 Å². The highest BCUT2D eigenvalue weighted by Crippen LogP contribution is 2.20. The zero-order valence-corrected chi connectivity index (χ0v) is 11.2. The second kappa shape index (κ2) is 6.04. The predicted molar refractivity (Wildman–Crippen MR) is 80.3 cm³/mol. The van der Waals surface area contributed by atoms with Crippen LogP contribution >= 0.6 is 12.6 Å². The van der Waals surface area contributed by atoms with Gasteiger partial charge < -0.3 is 0 Å². The number of nitro benzene ring substituents is 1. The minimum absolute atomic E-state index is 0.0279. The normalized spacial score (nSPS) is 10.9. The minimum Gasteiger partial charge on any atom is -0.258 e. The Hall–Kier alpha value is -2.58. The molecule has 2 aromatic rings. The van der Waals surface area contributed by atoms with Crippen LogP contribution in [0.25, 0.3) is 11.6 Å². The third-order valence-corrected chi connectivity index (χ3v) is 3.01. The molecule has 0 amide bonds. The molecule has 0 fully saturated rings. The lowest BCUT2D eigenvalue weighted by Gasteiger charge is -2.00. The predicted octanol–water partition coefficient (Wildman–Crippen LogP) is 3.95. The molecule has 0 heterocycles. The lowest BCUT2D eigenvalue weighted by Crippen LogP contribution is -1.87. The van der Waals surface area contributed by atoms with E-state index < -0.39 is 4.92 Å². The molecule has 20 heavy (non-hydrogen) atoms. The van der Waals surface area contributed by atoms with Crippen molar-refractivity contribution in [2.75, 3.05) is 0 Å². The maximum atomic E-state index is 10.6. The van der Waals surface area contributed by atoms with Crippen molar-refractivity contribution in [3.05, 3.63) is 69.8 Å². The molecule has 0 aliphatic carbocycles. The average Bonchev–Trinajstić information content (AvgIpc) is 2.46. The van der Waals surface area contributed by atoms with Gasteiger partial charge in [0.05, 0.1) is 16.6 Å². The van der Waals surface area contributed by atoms with E-state index in [1.807, 2.05) is 12.1 Å². The number of benzene rings is 2. The van der Waals surface area contributed by atoms with Crippen molar-refractivity contribution in [2.24, 2.45) is 0 Å². The maximum absolute atomic E-state index is 10.6. The summed E-state index contributed by atoms with van der Waals surface area (Å²) in [4.78, 5) is 10.9. The molecule has 0 saturated carbocycles. The quantitative estimate of drug-likeness (QED) is 0.305. The lowest BCUT2D eigenvalue weighted by atomic mass is 10.0. The third-order valence-electron chi connectivity index (χ3n) is 2.71. The zero-order chi connectivity index (χ0) is 14.5. The van der Waals surface area contributed by atoms with E-state index in [9.17, 15) is 15.4 Å². The Morgan fingerprint density at radius 1 is 1.15 bits per heavy atom. The van der Waals surface area contributed by atoms with Crippen molar-refractivity contribution in [3.63, 3.8) is 0 Å². The summed E-state index contributed by atoms with van der Waals surface area (Å²) in [6.07, 6.45) is 1.69. The van der Waals surface area contributed by atoms with Crippen molar-refractivity contribution in [1.82, 2.24) is 0 Å². The van der Waals surface area contributed by atoms with Crippen molar-refractivity contribution < 1.29 is 4.92 Å². The molecular weight excluding hydrogens is 272 g/mol. The topological polar surface area (TPSA) is 66.9 Å². The first-order chi connectivity index (χ1) is 9.60. The van der Waals surface area contributed by atoms with Gasteiger partial charge in [-0.05, 0) is 41.5 Å². The van der Waals surface area contributed by atoms with Crippen LogP contribution in [-0.4, -0.2) is 4.92 Å². The molecule has 98 valence electrons. The lowest BCUT2D eigenvalue weighted by molar-refractivity contribution is -0.384. The Bertz CT molecular complexity index is 698. The highest BCUT2D eigenvalue weighted by Gasteiger charge is 2.04. The zero-order valence-electron chi connectivity index (χ0n) is 10.4. The van der Waals surface area contributed by atoms with Crippen LogP contribution in [0, 0.1) is 21.4 Å². The summed E-state index contributed by atoms with van der Waals surface area (Å²) >= 11 is 4.19. The van der Waals surface area contributed by atoms with Crippen molar-refractivity contribution >= 4 is 30.0 Å². The summed E-state index contributed by atoms with van der Waals surface area (Å²) in [7, 11) is 0. The van der Waals surface area contributed by atoms with Crippen molar-refractivity contribution in [3.8, 4) is 6.07 Å². The van der Waals surface area contributed by atoms with Gasteiger partial charge in [-0.3, -0.25) is 10.1 Å². The summed E-state index contributed by atoms with van der Waals surface area (Å²) in [5, 5.41) is 19.8. The molecule has 2 rings (SSSR count). The van der Waals surface area contributed by atoms with Crippen LogP contribution in [0.1, 0.15) is 11.1 Å². The van der Waals surface area contributed by atoms with Gasteiger partial charge in [0.2, 0.25) is 0 Å². The first kappa shape index (κ1) is 13.8. The molecule has 0 unspecified atom stereocenters. The molecular formula is C15H10N2O2S. The number of nitrogens with zero attached hydrogens (tertiary/aromatic N) is 2. The van der Waals surface area contributed by atoms with Gasteiger partial charge in [0, 0.05) is 17.0 Å². The maximum Gasteiger partial charge on any atom is 0.269 e. The van der Waals surface area contributed by atoms with E-state index in [4.69, 9.17) is 0 Å². The average molecular weight is 282 g/mol. The molecule has 0 radical (unpaired) electrons. The molecule has 0 N–H and O–H groups in total. The summed E-state index contributed by atoms with van der Waals surface area (Å²) in [6, 6.07) is 15.4. The van der Waals surface area contributed by atoms with E-state index in [0.29, 0.717) is 5.57 Å². The van der Waals surface area contributed by atoms with Crippen molar-refractivity contribution in [1.29, 1.82) is 5.26 Å². The highest BCUT2D eigenvalue weighted by atomic mass is 32.1. The molecule has 0 saturated heterocycles. The van der Waals surface area contributed by atoms with Gasteiger partial charge in [-0.25, -0.2) is 0 Å². The van der Waals surface area contributed by atoms with Crippen LogP contribution in [0.5, 0.6) is 0 Å². The van der Waals surface area contributed by atoms with Gasteiger partial charge in [-0.15, -0.1) is 12.6 Å². The molecule has 0 bridgehead atoms. The number of nitro groups is 1. The molecule has 5 heteroatoms. The summed E-state index contributed by atoms with van der Waals surface area (Å²) in [6.45, 7) is 0. The van der Waals surface area contributed by atoms with E-state index in [-0.39, 0.29) is 5.69 Å². The fraction of sp³-hybridized carbons (Fsp3) is 0. The number of allylic oxidation sites excluding steroid dienone is 1. The summed E-state index contributed by atoms with van der Waals surface area (Å²) < 4.78 is 0. The molecule has 0 atom stereocenters. The minimum atomic E-state index is -0.454. The Labute approximate surface area is 121 Å². The van der Waals surface area contributed by atoms with E-state index >= 15 is 0 Å². The number of hydrogen-bond acceptors (Lipinski definition) is 4. The molecule has 4 nitrogen and oxygen atoms in total. The number of non-ortho nitro benzene ring substituents is 1. The number of rotatable bonds is 3. The Balaban J connectivity index is 2.34. The second-order valence-electron chi connectivity index (χ2n) is 4.07.